The van der Waals surface area contributed by atoms with Crippen molar-refractivity contribution in [1.82, 2.24) is 13.5 Å². The Bertz CT molecular complexity index is 503. The zero-order valence-electron chi connectivity index (χ0n) is 14.2. The van der Waals surface area contributed by atoms with Crippen LogP contribution in [0.5, 0.6) is 0 Å². The molecule has 9 heteroatoms. The number of piperazine rings is 1. The number of ether oxygens (including phenoxy) is 2. The summed E-state index contributed by atoms with van der Waals surface area (Å²) >= 11 is 0. The van der Waals surface area contributed by atoms with Crippen molar-refractivity contribution in [2.45, 2.75) is 26.4 Å². The largest absolute Gasteiger partial charge is 0.459 e. The molecular formula is C14H27N3O5S. The lowest BCUT2D eigenvalue weighted by Crippen LogP contribution is -2.55. The summed E-state index contributed by atoms with van der Waals surface area (Å²) in [6.45, 7) is 9.23. The average Bonchev–Trinajstić information content (AvgIpc) is 2.46. The first kappa shape index (κ1) is 18.6. The molecule has 134 valence electrons. The van der Waals surface area contributed by atoms with Gasteiger partial charge in [0, 0.05) is 39.3 Å². The highest BCUT2D eigenvalue weighted by molar-refractivity contribution is 7.86. The molecule has 0 saturated carbocycles. The lowest BCUT2D eigenvalue weighted by atomic mass is 10.2. The summed E-state index contributed by atoms with van der Waals surface area (Å²) in [7, 11) is -3.42. The SMILES string of the molecule is CC(C)(C)OC(=O)CN1CCN(S(=O)(=O)N2CCOCC2)CC1. The van der Waals surface area contributed by atoms with Gasteiger partial charge in [0.15, 0.2) is 0 Å². The van der Waals surface area contributed by atoms with E-state index in [0.29, 0.717) is 52.5 Å². The minimum Gasteiger partial charge on any atom is -0.459 e. The highest BCUT2D eigenvalue weighted by atomic mass is 32.2. The third-order valence-corrected chi connectivity index (χ3v) is 5.76. The first-order valence-electron chi connectivity index (χ1n) is 7.96. The highest BCUT2D eigenvalue weighted by Gasteiger charge is 2.33. The molecule has 2 aliphatic heterocycles. The van der Waals surface area contributed by atoms with Crippen LogP contribution < -0.4 is 0 Å². The van der Waals surface area contributed by atoms with Gasteiger partial charge in [0.25, 0.3) is 10.2 Å². The highest BCUT2D eigenvalue weighted by Crippen LogP contribution is 2.14. The van der Waals surface area contributed by atoms with Gasteiger partial charge in [0.1, 0.15) is 5.60 Å². The lowest BCUT2D eigenvalue weighted by Gasteiger charge is -2.37. The molecular weight excluding hydrogens is 322 g/mol. The van der Waals surface area contributed by atoms with Crippen molar-refractivity contribution in [2.24, 2.45) is 0 Å². The first-order chi connectivity index (χ1) is 10.7. The molecule has 0 spiro atoms. The summed E-state index contributed by atoms with van der Waals surface area (Å²) in [5.41, 5.74) is -0.501. The molecule has 23 heavy (non-hydrogen) atoms. The summed E-state index contributed by atoms with van der Waals surface area (Å²) in [6, 6.07) is 0. The topological polar surface area (TPSA) is 79.4 Å². The van der Waals surface area contributed by atoms with Gasteiger partial charge in [-0.3, -0.25) is 9.69 Å². The summed E-state index contributed by atoms with van der Waals surface area (Å²) in [4.78, 5) is 13.8. The molecule has 2 rings (SSSR count). The van der Waals surface area contributed by atoms with Crippen molar-refractivity contribution in [2.75, 3.05) is 59.0 Å². The Kier molecular flexibility index (Phi) is 6.01. The maximum absolute atomic E-state index is 12.5. The molecule has 8 nitrogen and oxygen atoms in total. The zero-order valence-corrected chi connectivity index (χ0v) is 15.0. The van der Waals surface area contributed by atoms with Crippen LogP contribution in [-0.4, -0.2) is 92.5 Å². The molecule has 0 radical (unpaired) electrons. The second-order valence-electron chi connectivity index (χ2n) is 6.78. The first-order valence-corrected chi connectivity index (χ1v) is 9.35. The van der Waals surface area contributed by atoms with E-state index in [-0.39, 0.29) is 12.5 Å². The predicted molar refractivity (Wildman–Crippen MR) is 85.2 cm³/mol. The Labute approximate surface area is 138 Å². The molecule has 0 unspecified atom stereocenters. The van der Waals surface area contributed by atoms with Crippen LogP contribution in [0.25, 0.3) is 0 Å². The molecule has 2 saturated heterocycles. The van der Waals surface area contributed by atoms with E-state index in [2.05, 4.69) is 0 Å². The Balaban J connectivity index is 1.82. The van der Waals surface area contributed by atoms with Gasteiger partial charge < -0.3 is 9.47 Å². The van der Waals surface area contributed by atoms with Gasteiger partial charge >= 0.3 is 5.97 Å². The monoisotopic (exact) mass is 349 g/mol. The standard InChI is InChI=1S/C14H27N3O5S/c1-14(2,3)22-13(18)12-15-4-6-16(7-5-15)23(19,20)17-8-10-21-11-9-17/h4-12H2,1-3H3. The summed E-state index contributed by atoms with van der Waals surface area (Å²) < 4.78 is 38.5. The summed E-state index contributed by atoms with van der Waals surface area (Å²) in [5.74, 6) is -0.276. The molecule has 0 aromatic rings. The van der Waals surface area contributed by atoms with Crippen LogP contribution >= 0.6 is 0 Å². The van der Waals surface area contributed by atoms with E-state index in [0.717, 1.165) is 0 Å². The van der Waals surface area contributed by atoms with Crippen molar-refractivity contribution in [3.05, 3.63) is 0 Å². The van der Waals surface area contributed by atoms with Crippen LogP contribution in [0.1, 0.15) is 20.8 Å². The normalized spacial score (nSPS) is 22.9. The van der Waals surface area contributed by atoms with Crippen LogP contribution in [0.3, 0.4) is 0 Å². The maximum atomic E-state index is 12.5. The van der Waals surface area contributed by atoms with E-state index >= 15 is 0 Å². The molecule has 0 atom stereocenters. The third kappa shape index (κ3) is 5.39. The minimum absolute atomic E-state index is 0.197. The number of morpholine rings is 1. The van der Waals surface area contributed by atoms with Gasteiger partial charge in [0.2, 0.25) is 0 Å². The van der Waals surface area contributed by atoms with Crippen LogP contribution in [-0.2, 0) is 24.5 Å². The zero-order chi connectivity index (χ0) is 17.1. The van der Waals surface area contributed by atoms with E-state index in [4.69, 9.17) is 9.47 Å². The van der Waals surface area contributed by atoms with Gasteiger partial charge in [-0.25, -0.2) is 0 Å². The van der Waals surface area contributed by atoms with Gasteiger partial charge in [-0.05, 0) is 20.8 Å². The van der Waals surface area contributed by atoms with Crippen LogP contribution in [0, 0.1) is 0 Å². The molecule has 0 aromatic carbocycles. The summed E-state index contributed by atoms with van der Waals surface area (Å²) in [5, 5.41) is 0. The molecule has 2 heterocycles. The number of esters is 1. The quantitative estimate of drug-likeness (QED) is 0.638. The molecule has 0 amide bonds. The van der Waals surface area contributed by atoms with E-state index in [1.165, 1.54) is 8.61 Å². The van der Waals surface area contributed by atoms with Gasteiger partial charge in [-0.1, -0.05) is 0 Å². The fourth-order valence-corrected chi connectivity index (χ4v) is 4.18. The third-order valence-electron chi connectivity index (χ3n) is 3.73. The molecule has 2 fully saturated rings. The van der Waals surface area contributed by atoms with Gasteiger partial charge in [0.05, 0.1) is 19.8 Å². The fourth-order valence-electron chi connectivity index (χ4n) is 2.62. The van der Waals surface area contributed by atoms with E-state index in [9.17, 15) is 13.2 Å². The lowest BCUT2D eigenvalue weighted by molar-refractivity contribution is -0.156. The smallest absolute Gasteiger partial charge is 0.320 e. The minimum atomic E-state index is -3.42. The number of carbonyl (C=O) groups excluding carboxylic acids is 1. The Morgan fingerprint density at radius 2 is 1.52 bits per heavy atom. The molecule has 0 N–H and O–H groups in total. The number of hydrogen-bond donors (Lipinski definition) is 0. The van der Waals surface area contributed by atoms with Crippen LogP contribution in [0.4, 0.5) is 0 Å². The number of rotatable bonds is 4. The number of carbonyl (C=O) groups is 1. The molecule has 0 aromatic heterocycles. The fraction of sp³-hybridized carbons (Fsp3) is 0.929. The number of nitrogens with zero attached hydrogens (tertiary/aromatic N) is 3. The van der Waals surface area contributed by atoms with Crippen molar-refractivity contribution in [3.8, 4) is 0 Å². The number of hydrogen-bond acceptors (Lipinski definition) is 6. The van der Waals surface area contributed by atoms with E-state index in [1.807, 2.05) is 25.7 Å². The second kappa shape index (κ2) is 7.43. The van der Waals surface area contributed by atoms with Crippen molar-refractivity contribution in [3.63, 3.8) is 0 Å². The maximum Gasteiger partial charge on any atom is 0.320 e. The van der Waals surface area contributed by atoms with Gasteiger partial charge in [-0.15, -0.1) is 0 Å². The Hall–Kier alpha value is -0.740. The van der Waals surface area contributed by atoms with Crippen molar-refractivity contribution in [1.29, 1.82) is 0 Å². The molecule has 0 bridgehead atoms. The average molecular weight is 349 g/mol. The van der Waals surface area contributed by atoms with Crippen LogP contribution in [0.2, 0.25) is 0 Å². The Morgan fingerprint density at radius 3 is 2.04 bits per heavy atom. The van der Waals surface area contributed by atoms with Crippen molar-refractivity contribution >= 4 is 16.2 Å². The second-order valence-corrected chi connectivity index (χ2v) is 8.71. The summed E-state index contributed by atoms with van der Waals surface area (Å²) in [6.07, 6.45) is 0. The molecule has 0 aliphatic carbocycles. The Morgan fingerprint density at radius 1 is 1.00 bits per heavy atom. The predicted octanol–water partition coefficient (Wildman–Crippen LogP) is -0.477. The van der Waals surface area contributed by atoms with Crippen molar-refractivity contribution < 1.29 is 22.7 Å². The van der Waals surface area contributed by atoms with Crippen LogP contribution in [0.15, 0.2) is 0 Å². The van der Waals surface area contributed by atoms with Gasteiger partial charge in [-0.2, -0.15) is 17.0 Å². The van der Waals surface area contributed by atoms with E-state index < -0.39 is 15.8 Å². The molecule has 2 aliphatic rings. The van der Waals surface area contributed by atoms with E-state index in [1.54, 1.807) is 0 Å².